The summed E-state index contributed by atoms with van der Waals surface area (Å²) in [7, 11) is -3.11. The summed E-state index contributed by atoms with van der Waals surface area (Å²) in [5.74, 6) is 0.485. The smallest absolute Gasteiger partial charge is 1.00 e. The maximum Gasteiger partial charge on any atom is 1.00 e. The second-order valence-corrected chi connectivity index (χ2v) is 8.61. The van der Waals surface area contributed by atoms with Gasteiger partial charge in [-0.15, -0.1) is 12.6 Å². The second kappa shape index (κ2) is 18.4. The molecule has 3 heterocycles. The van der Waals surface area contributed by atoms with E-state index in [4.69, 9.17) is 23.1 Å². The number of aromatic nitrogens is 3. The molecule has 0 spiro atoms. The van der Waals surface area contributed by atoms with Gasteiger partial charge in [-0.2, -0.15) is 13.2 Å². The molecule has 14 heteroatoms. The SMILES string of the molecule is C.FC(F)(F)COc1cccc2ncccc12.Nc1cccc2ncccc12.O=S(=O)=O.Oc1cccc2ncccc12.[H-].[Na+]. The Morgan fingerprint density at radius 3 is 1.64 bits per heavy atom. The summed E-state index contributed by atoms with van der Waals surface area (Å²) in [6.07, 6.45) is 0.726. The Kier molecular flexibility index (Phi) is 15.8. The molecule has 44 heavy (non-hydrogen) atoms. The number of benzene rings is 3. The number of anilines is 1. The van der Waals surface area contributed by atoms with Gasteiger partial charge in [0.1, 0.15) is 11.5 Å². The minimum atomic E-state index is -4.33. The van der Waals surface area contributed by atoms with Gasteiger partial charge < -0.3 is 17.0 Å². The fourth-order valence-corrected chi connectivity index (χ4v) is 3.57. The Hall–Kier alpha value is -4.30. The topological polar surface area (TPSA) is 145 Å². The Labute approximate surface area is 276 Å². The molecule has 0 fully saturated rings. The van der Waals surface area contributed by atoms with Crippen molar-refractivity contribution in [2.75, 3.05) is 12.3 Å². The number of ether oxygens (including phenoxy) is 1. The van der Waals surface area contributed by atoms with Crippen LogP contribution < -0.4 is 40.0 Å². The summed E-state index contributed by atoms with van der Waals surface area (Å²) in [4.78, 5) is 12.3. The van der Waals surface area contributed by atoms with Crippen molar-refractivity contribution < 1.29 is 66.6 Å². The van der Waals surface area contributed by atoms with Crippen LogP contribution in [0.3, 0.4) is 0 Å². The molecular formula is C30H28F3N4NaO5S. The number of alkyl halides is 3. The molecule has 0 radical (unpaired) electrons. The third-order valence-corrected chi connectivity index (χ3v) is 5.30. The minimum absolute atomic E-state index is 0. The van der Waals surface area contributed by atoms with Gasteiger partial charge in [0, 0.05) is 40.4 Å². The molecular weight excluding hydrogens is 608 g/mol. The maximum absolute atomic E-state index is 12.0. The van der Waals surface area contributed by atoms with Crippen LogP contribution in [0.1, 0.15) is 8.85 Å². The number of aromatic hydroxyl groups is 1. The number of hydrogen-bond acceptors (Lipinski definition) is 9. The number of phenolic OH excluding ortho intramolecular Hbond substituents is 1. The molecule has 3 aromatic carbocycles. The van der Waals surface area contributed by atoms with Crippen LogP contribution in [-0.4, -0.2) is 45.5 Å². The van der Waals surface area contributed by atoms with Crippen molar-refractivity contribution in [3.05, 3.63) is 110 Å². The molecule has 6 rings (SSSR count). The zero-order chi connectivity index (χ0) is 30.5. The molecule has 9 nitrogen and oxygen atoms in total. The van der Waals surface area contributed by atoms with Gasteiger partial charge in [0.25, 0.3) is 0 Å². The van der Waals surface area contributed by atoms with E-state index in [-0.39, 0.29) is 49.9 Å². The normalized spacial score (nSPS) is 9.89. The zero-order valence-corrected chi connectivity index (χ0v) is 25.5. The van der Waals surface area contributed by atoms with Crippen molar-refractivity contribution in [2.45, 2.75) is 13.6 Å². The summed E-state index contributed by atoms with van der Waals surface area (Å²) >= 11 is 0. The van der Waals surface area contributed by atoms with Crippen molar-refractivity contribution >= 4 is 49.0 Å². The summed E-state index contributed by atoms with van der Waals surface area (Å²) in [5.41, 5.74) is 8.89. The minimum Gasteiger partial charge on any atom is -1.00 e. The Balaban J connectivity index is 0.000000601. The average Bonchev–Trinajstić information content (AvgIpc) is 2.97. The monoisotopic (exact) mass is 636 g/mol. The van der Waals surface area contributed by atoms with E-state index in [1.165, 1.54) is 6.07 Å². The van der Waals surface area contributed by atoms with Crippen LogP contribution in [0.25, 0.3) is 32.7 Å². The first-order valence-corrected chi connectivity index (χ1v) is 13.0. The third-order valence-electron chi connectivity index (χ3n) is 5.30. The van der Waals surface area contributed by atoms with E-state index < -0.39 is 23.4 Å². The summed E-state index contributed by atoms with van der Waals surface area (Å²) < 4.78 is 66.1. The van der Waals surface area contributed by atoms with Crippen LogP contribution in [0, 0.1) is 0 Å². The maximum atomic E-state index is 12.0. The van der Waals surface area contributed by atoms with E-state index in [1.807, 2.05) is 48.5 Å². The van der Waals surface area contributed by atoms with E-state index in [2.05, 4.69) is 15.0 Å². The quantitative estimate of drug-likeness (QED) is 0.215. The van der Waals surface area contributed by atoms with Crippen molar-refractivity contribution in [3.63, 3.8) is 0 Å². The molecule has 0 saturated heterocycles. The first-order chi connectivity index (χ1) is 20.0. The summed E-state index contributed by atoms with van der Waals surface area (Å²) in [5, 5.41) is 11.7. The number of hydrogen-bond donors (Lipinski definition) is 2. The van der Waals surface area contributed by atoms with Crippen molar-refractivity contribution in [2.24, 2.45) is 0 Å². The first kappa shape index (κ1) is 37.7. The van der Waals surface area contributed by atoms with E-state index >= 15 is 0 Å². The second-order valence-electron chi connectivity index (χ2n) is 8.20. The Bertz CT molecular complexity index is 1800. The predicted molar refractivity (Wildman–Crippen MR) is 160 cm³/mol. The molecule has 226 valence electrons. The van der Waals surface area contributed by atoms with Crippen LogP contribution in [-0.2, 0) is 10.6 Å². The van der Waals surface area contributed by atoms with Crippen molar-refractivity contribution in [1.29, 1.82) is 0 Å². The number of phenols is 1. The third kappa shape index (κ3) is 12.1. The standard InChI is InChI=1S/C11H8F3NO.C9H8N2.C9H7NO.CH4.Na.O3S.H/c12-11(13,14)7-16-10-5-1-4-9-8(10)3-2-6-15-9;10-8-4-1-5-9-7(8)3-2-6-11-9;11-9-5-1-4-8-7(9)3-2-6-10-8;;;1-4(2)3;/h1-6H,7H2;1-6H,10H2;1-6,11H;1H4;;;/q;;;;+1;;-1. The molecule has 0 unspecified atom stereocenters. The average molecular weight is 637 g/mol. The number of nitrogens with two attached hydrogens (primary N) is 1. The largest absolute Gasteiger partial charge is 1.00 e. The van der Waals surface area contributed by atoms with Crippen LogP contribution in [0.4, 0.5) is 18.9 Å². The van der Waals surface area contributed by atoms with Crippen molar-refractivity contribution in [3.8, 4) is 11.5 Å². The Morgan fingerprint density at radius 2 is 1.14 bits per heavy atom. The van der Waals surface area contributed by atoms with Gasteiger partial charge in [0.15, 0.2) is 6.61 Å². The van der Waals surface area contributed by atoms with Gasteiger partial charge in [-0.3, -0.25) is 15.0 Å². The summed E-state index contributed by atoms with van der Waals surface area (Å²) in [6.45, 7) is -1.29. The van der Waals surface area contributed by atoms with E-state index in [0.29, 0.717) is 10.9 Å². The number of rotatable bonds is 2. The fourth-order valence-electron chi connectivity index (χ4n) is 3.57. The van der Waals surface area contributed by atoms with E-state index in [0.717, 1.165) is 27.5 Å². The van der Waals surface area contributed by atoms with Crippen molar-refractivity contribution in [1.82, 2.24) is 15.0 Å². The van der Waals surface area contributed by atoms with Crippen LogP contribution >= 0.6 is 0 Å². The molecule has 3 N–H and O–H groups in total. The number of halogens is 3. The van der Waals surface area contributed by atoms with E-state index in [9.17, 15) is 18.3 Å². The molecule has 6 aromatic rings. The number of nitrogen functional groups attached to an aromatic ring is 1. The molecule has 0 saturated carbocycles. The predicted octanol–water partition coefficient (Wildman–Crippen LogP) is 3.68. The van der Waals surface area contributed by atoms with Crippen LogP contribution in [0.5, 0.6) is 11.5 Å². The zero-order valence-electron chi connectivity index (χ0n) is 23.6. The van der Waals surface area contributed by atoms with Gasteiger partial charge in [-0.1, -0.05) is 25.6 Å². The van der Waals surface area contributed by atoms with Gasteiger partial charge >= 0.3 is 46.3 Å². The molecule has 0 aliphatic heterocycles. The van der Waals surface area contributed by atoms with Crippen LogP contribution in [0.15, 0.2) is 110 Å². The summed E-state index contributed by atoms with van der Waals surface area (Å²) in [6, 6.07) is 26.7. The Morgan fingerprint density at radius 1 is 0.705 bits per heavy atom. The molecule has 3 aromatic heterocycles. The molecule has 0 bridgehead atoms. The number of pyridine rings is 3. The molecule has 0 amide bonds. The molecule has 0 atom stereocenters. The van der Waals surface area contributed by atoms with E-state index in [1.54, 1.807) is 55.0 Å². The molecule has 0 aliphatic rings. The molecule has 0 aliphatic carbocycles. The number of fused-ring (bicyclic) bond motifs is 3. The number of nitrogens with zero attached hydrogens (tertiary/aromatic N) is 3. The fraction of sp³-hybridized carbons (Fsp3) is 0.100. The van der Waals surface area contributed by atoms with Gasteiger partial charge in [0.05, 0.1) is 16.6 Å². The van der Waals surface area contributed by atoms with Gasteiger partial charge in [-0.05, 0) is 72.8 Å². The van der Waals surface area contributed by atoms with Gasteiger partial charge in [-0.25, -0.2) is 0 Å². The van der Waals surface area contributed by atoms with Crippen LogP contribution in [0.2, 0.25) is 0 Å². The first-order valence-electron chi connectivity index (χ1n) is 12.0. The van der Waals surface area contributed by atoms with Gasteiger partial charge in [0.2, 0.25) is 0 Å².